The van der Waals surface area contributed by atoms with E-state index in [2.05, 4.69) is 20.4 Å². The minimum atomic E-state index is -0.387. The fourth-order valence-electron chi connectivity index (χ4n) is 2.83. The number of imidazole rings is 1. The molecule has 2 aromatic carbocycles. The number of anilines is 1. The number of carbonyl (C=O) groups is 1. The summed E-state index contributed by atoms with van der Waals surface area (Å²) < 4.78 is 20.3. The number of carbonyl (C=O) groups excluding carboxylic acids is 1. The SMILES string of the molecule is Cc1ccc(NC(=O)Cn2cc(-c3noc(-c4cccc(F)c4)n3)nc2C)cc1. The molecule has 0 saturated heterocycles. The third kappa shape index (κ3) is 4.21. The monoisotopic (exact) mass is 391 g/mol. The number of hydrogen-bond donors (Lipinski definition) is 1. The number of aromatic nitrogens is 4. The Morgan fingerprint density at radius 2 is 1.93 bits per heavy atom. The number of nitrogens with zero attached hydrogens (tertiary/aromatic N) is 4. The van der Waals surface area contributed by atoms with Crippen molar-refractivity contribution in [1.29, 1.82) is 0 Å². The quantitative estimate of drug-likeness (QED) is 0.556. The van der Waals surface area contributed by atoms with Crippen molar-refractivity contribution in [2.75, 3.05) is 5.32 Å². The summed E-state index contributed by atoms with van der Waals surface area (Å²) in [7, 11) is 0. The third-order valence-electron chi connectivity index (χ3n) is 4.35. The molecule has 4 rings (SSSR count). The van der Waals surface area contributed by atoms with Gasteiger partial charge in [-0.1, -0.05) is 28.9 Å². The van der Waals surface area contributed by atoms with Crippen molar-refractivity contribution in [3.05, 3.63) is 71.9 Å². The number of rotatable bonds is 5. The largest absolute Gasteiger partial charge is 0.334 e. The number of amides is 1. The molecule has 2 heterocycles. The molecule has 1 amide bonds. The summed E-state index contributed by atoms with van der Waals surface area (Å²) in [5.41, 5.74) is 2.81. The first kappa shape index (κ1) is 18.5. The molecule has 4 aromatic rings. The van der Waals surface area contributed by atoms with Gasteiger partial charge in [0.25, 0.3) is 5.89 Å². The second-order valence-corrected chi connectivity index (χ2v) is 6.65. The number of hydrogen-bond acceptors (Lipinski definition) is 5. The average molecular weight is 391 g/mol. The summed E-state index contributed by atoms with van der Waals surface area (Å²) in [6.45, 7) is 3.87. The van der Waals surface area contributed by atoms with Crippen LogP contribution in [0.4, 0.5) is 10.1 Å². The van der Waals surface area contributed by atoms with E-state index in [0.717, 1.165) is 11.3 Å². The zero-order chi connectivity index (χ0) is 20.4. The van der Waals surface area contributed by atoms with Crippen LogP contribution in [0.1, 0.15) is 11.4 Å². The average Bonchev–Trinajstić information content (AvgIpc) is 3.31. The van der Waals surface area contributed by atoms with Crippen LogP contribution in [-0.4, -0.2) is 25.6 Å². The molecule has 0 fully saturated rings. The van der Waals surface area contributed by atoms with Crippen LogP contribution in [0.25, 0.3) is 23.0 Å². The van der Waals surface area contributed by atoms with E-state index in [-0.39, 0.29) is 30.0 Å². The van der Waals surface area contributed by atoms with Gasteiger partial charge < -0.3 is 14.4 Å². The number of aryl methyl sites for hydroxylation is 2. The first-order chi connectivity index (χ1) is 14.0. The van der Waals surface area contributed by atoms with E-state index >= 15 is 0 Å². The fourth-order valence-corrected chi connectivity index (χ4v) is 2.83. The van der Waals surface area contributed by atoms with Gasteiger partial charge in [0, 0.05) is 17.4 Å². The van der Waals surface area contributed by atoms with Crippen molar-refractivity contribution in [3.63, 3.8) is 0 Å². The van der Waals surface area contributed by atoms with Crippen LogP contribution >= 0.6 is 0 Å². The van der Waals surface area contributed by atoms with Gasteiger partial charge in [0.1, 0.15) is 23.9 Å². The molecule has 0 aliphatic carbocycles. The highest BCUT2D eigenvalue weighted by Crippen LogP contribution is 2.22. The van der Waals surface area contributed by atoms with Gasteiger partial charge in [-0.25, -0.2) is 9.37 Å². The van der Waals surface area contributed by atoms with Gasteiger partial charge in [-0.2, -0.15) is 4.98 Å². The predicted octanol–water partition coefficient (Wildman–Crippen LogP) is 3.99. The van der Waals surface area contributed by atoms with E-state index in [1.165, 1.54) is 12.1 Å². The molecule has 0 atom stereocenters. The van der Waals surface area contributed by atoms with Crippen molar-refractivity contribution < 1.29 is 13.7 Å². The lowest BCUT2D eigenvalue weighted by Crippen LogP contribution is -2.19. The topological polar surface area (TPSA) is 85.8 Å². The van der Waals surface area contributed by atoms with Crippen LogP contribution < -0.4 is 5.32 Å². The highest BCUT2D eigenvalue weighted by atomic mass is 19.1. The summed E-state index contributed by atoms with van der Waals surface area (Å²) in [6.07, 6.45) is 1.68. The Hall–Kier alpha value is -3.81. The zero-order valence-corrected chi connectivity index (χ0v) is 15.9. The second kappa shape index (κ2) is 7.67. The van der Waals surface area contributed by atoms with Crippen LogP contribution in [0.5, 0.6) is 0 Å². The molecular weight excluding hydrogens is 373 g/mol. The first-order valence-corrected chi connectivity index (χ1v) is 8.98. The van der Waals surface area contributed by atoms with E-state index in [9.17, 15) is 9.18 Å². The Morgan fingerprint density at radius 1 is 1.14 bits per heavy atom. The van der Waals surface area contributed by atoms with Crippen molar-refractivity contribution in [2.24, 2.45) is 0 Å². The maximum Gasteiger partial charge on any atom is 0.258 e. The third-order valence-corrected chi connectivity index (χ3v) is 4.35. The highest BCUT2D eigenvalue weighted by Gasteiger charge is 2.16. The molecule has 7 nitrogen and oxygen atoms in total. The van der Waals surface area contributed by atoms with Gasteiger partial charge in [0.15, 0.2) is 0 Å². The Labute approximate surface area is 166 Å². The summed E-state index contributed by atoms with van der Waals surface area (Å²) in [4.78, 5) is 21.0. The Bertz CT molecular complexity index is 1160. The van der Waals surface area contributed by atoms with Crippen LogP contribution in [0.3, 0.4) is 0 Å². The van der Waals surface area contributed by atoms with Crippen molar-refractivity contribution in [3.8, 4) is 23.0 Å². The maximum atomic E-state index is 13.4. The maximum absolute atomic E-state index is 13.4. The minimum absolute atomic E-state index is 0.0985. The van der Waals surface area contributed by atoms with Crippen LogP contribution in [0.15, 0.2) is 59.3 Å². The normalized spacial score (nSPS) is 10.9. The fraction of sp³-hybridized carbons (Fsp3) is 0.143. The molecular formula is C21H18FN5O2. The summed E-state index contributed by atoms with van der Waals surface area (Å²) >= 11 is 0. The van der Waals surface area contributed by atoms with E-state index < -0.39 is 0 Å². The number of benzene rings is 2. The highest BCUT2D eigenvalue weighted by molar-refractivity contribution is 5.90. The molecule has 29 heavy (non-hydrogen) atoms. The van der Waals surface area contributed by atoms with Crippen molar-refractivity contribution in [1.82, 2.24) is 19.7 Å². The predicted molar refractivity (Wildman–Crippen MR) is 105 cm³/mol. The summed E-state index contributed by atoms with van der Waals surface area (Å²) in [5.74, 6) is 0.543. The number of nitrogens with one attached hydrogen (secondary N) is 1. The lowest BCUT2D eigenvalue weighted by Gasteiger charge is -2.07. The van der Waals surface area contributed by atoms with E-state index in [0.29, 0.717) is 17.1 Å². The lowest BCUT2D eigenvalue weighted by atomic mass is 10.2. The van der Waals surface area contributed by atoms with Crippen molar-refractivity contribution >= 4 is 11.6 Å². The smallest absolute Gasteiger partial charge is 0.258 e. The zero-order valence-electron chi connectivity index (χ0n) is 15.9. The van der Waals surface area contributed by atoms with Crippen molar-refractivity contribution in [2.45, 2.75) is 20.4 Å². The van der Waals surface area contributed by atoms with Gasteiger partial charge in [0.05, 0.1) is 0 Å². The van der Waals surface area contributed by atoms with Crippen LogP contribution in [-0.2, 0) is 11.3 Å². The minimum Gasteiger partial charge on any atom is -0.334 e. The molecule has 2 aromatic heterocycles. The molecule has 0 aliphatic heterocycles. The summed E-state index contributed by atoms with van der Waals surface area (Å²) in [5, 5.41) is 6.77. The lowest BCUT2D eigenvalue weighted by molar-refractivity contribution is -0.116. The first-order valence-electron chi connectivity index (χ1n) is 8.98. The molecule has 0 aliphatic rings. The van der Waals surface area contributed by atoms with Gasteiger partial charge in [-0.05, 0) is 44.2 Å². The Kier molecular flexibility index (Phi) is 4.90. The van der Waals surface area contributed by atoms with Gasteiger partial charge in [0.2, 0.25) is 11.7 Å². The second-order valence-electron chi connectivity index (χ2n) is 6.65. The van der Waals surface area contributed by atoms with Gasteiger partial charge in [-0.3, -0.25) is 4.79 Å². The molecule has 0 saturated carbocycles. The molecule has 0 bridgehead atoms. The van der Waals surface area contributed by atoms with Crippen LogP contribution in [0.2, 0.25) is 0 Å². The number of halogens is 1. The molecule has 8 heteroatoms. The molecule has 0 spiro atoms. The standard InChI is InChI=1S/C21H18FN5O2/c1-13-6-8-17(9-7-13)24-19(28)12-27-11-18(23-14(27)2)20-25-21(29-26-20)15-4-3-5-16(22)10-15/h3-11H,12H2,1-2H3,(H,24,28). The molecule has 0 radical (unpaired) electrons. The van der Waals surface area contributed by atoms with Crippen LogP contribution in [0, 0.1) is 19.7 Å². The van der Waals surface area contributed by atoms with Gasteiger partial charge >= 0.3 is 0 Å². The molecule has 1 N–H and O–H groups in total. The van der Waals surface area contributed by atoms with E-state index in [1.54, 1.807) is 29.8 Å². The molecule has 146 valence electrons. The van der Waals surface area contributed by atoms with E-state index in [4.69, 9.17) is 4.52 Å². The Morgan fingerprint density at radius 3 is 2.69 bits per heavy atom. The summed E-state index contributed by atoms with van der Waals surface area (Å²) in [6, 6.07) is 13.5. The molecule has 0 unspecified atom stereocenters. The van der Waals surface area contributed by atoms with E-state index in [1.807, 2.05) is 31.2 Å². The van der Waals surface area contributed by atoms with Gasteiger partial charge in [-0.15, -0.1) is 0 Å². The Balaban J connectivity index is 1.49.